The summed E-state index contributed by atoms with van der Waals surface area (Å²) < 4.78 is 1.15. The highest BCUT2D eigenvalue weighted by molar-refractivity contribution is 4.69. The summed E-state index contributed by atoms with van der Waals surface area (Å²) in [5.41, 5.74) is 0. The van der Waals surface area contributed by atoms with Crippen molar-refractivity contribution in [3.63, 3.8) is 0 Å². The summed E-state index contributed by atoms with van der Waals surface area (Å²) in [6.07, 6.45) is 0. The molecule has 1 aliphatic heterocycles. The first-order valence-corrected chi connectivity index (χ1v) is 4.50. The molecule has 1 aliphatic rings. The third kappa shape index (κ3) is 1.74. The fourth-order valence-corrected chi connectivity index (χ4v) is 1.60. The molecule has 0 N–H and O–H groups in total. The van der Waals surface area contributed by atoms with Gasteiger partial charge in [0, 0.05) is 6.04 Å². The van der Waals surface area contributed by atoms with E-state index in [4.69, 9.17) is 0 Å². The van der Waals surface area contributed by atoms with Crippen molar-refractivity contribution in [2.75, 3.05) is 27.3 Å². The molecule has 1 fully saturated rings. The molecule has 0 aromatic heterocycles. The van der Waals surface area contributed by atoms with Crippen LogP contribution in [0.1, 0.15) is 20.8 Å². The van der Waals surface area contributed by atoms with E-state index < -0.39 is 0 Å². The van der Waals surface area contributed by atoms with Crippen LogP contribution < -0.4 is 0 Å². The van der Waals surface area contributed by atoms with Crippen molar-refractivity contribution in [1.82, 2.24) is 4.90 Å². The molecule has 2 heteroatoms. The molecule has 0 saturated carbocycles. The highest BCUT2D eigenvalue weighted by Gasteiger charge is 2.36. The average Bonchev–Trinajstić information content (AvgIpc) is 2.08. The highest BCUT2D eigenvalue weighted by Crippen LogP contribution is 2.19. The maximum absolute atomic E-state index is 2.55. The lowest BCUT2D eigenvalue weighted by molar-refractivity contribution is -0.903. The summed E-state index contributed by atoms with van der Waals surface area (Å²) in [5.74, 6) is 0. The topological polar surface area (TPSA) is 3.24 Å². The fraction of sp³-hybridized carbons (Fsp3) is 1.00. The SMILES string of the molecule is CC(C)N1CC(C)[N+](C)(C)C1. The summed E-state index contributed by atoms with van der Waals surface area (Å²) in [5, 5.41) is 0. The summed E-state index contributed by atoms with van der Waals surface area (Å²) >= 11 is 0. The molecule has 1 heterocycles. The molecule has 0 radical (unpaired) electrons. The predicted molar refractivity (Wildman–Crippen MR) is 48.3 cm³/mol. The van der Waals surface area contributed by atoms with Gasteiger partial charge in [-0.05, 0) is 20.8 Å². The van der Waals surface area contributed by atoms with E-state index in [0.29, 0.717) is 6.04 Å². The van der Waals surface area contributed by atoms with Crippen molar-refractivity contribution in [3.05, 3.63) is 0 Å². The zero-order valence-electron chi connectivity index (χ0n) is 8.46. The van der Waals surface area contributed by atoms with Crippen LogP contribution in [-0.2, 0) is 0 Å². The predicted octanol–water partition coefficient (Wildman–Crippen LogP) is 1.13. The van der Waals surface area contributed by atoms with Gasteiger partial charge in [-0.3, -0.25) is 0 Å². The minimum absolute atomic E-state index is 0.706. The zero-order valence-corrected chi connectivity index (χ0v) is 8.46. The molecule has 0 aliphatic carbocycles. The maximum atomic E-state index is 2.55. The Morgan fingerprint density at radius 1 is 1.36 bits per heavy atom. The van der Waals surface area contributed by atoms with Crippen LogP contribution in [0.3, 0.4) is 0 Å². The molecule has 2 nitrogen and oxygen atoms in total. The number of likely N-dealkylation sites (N-methyl/N-ethyl adjacent to an activating group) is 1. The van der Waals surface area contributed by atoms with Crippen molar-refractivity contribution >= 4 is 0 Å². The number of nitrogens with zero attached hydrogens (tertiary/aromatic N) is 2. The summed E-state index contributed by atoms with van der Waals surface area (Å²) in [4.78, 5) is 2.55. The first-order chi connectivity index (χ1) is 4.93. The molecule has 1 unspecified atom stereocenters. The maximum Gasteiger partial charge on any atom is 0.135 e. The van der Waals surface area contributed by atoms with E-state index in [1.165, 1.54) is 13.2 Å². The van der Waals surface area contributed by atoms with Crippen LogP contribution in [0.4, 0.5) is 0 Å². The van der Waals surface area contributed by atoms with Crippen LogP contribution in [0.25, 0.3) is 0 Å². The van der Waals surface area contributed by atoms with Crippen LogP contribution in [0, 0.1) is 0 Å². The van der Waals surface area contributed by atoms with Crippen molar-refractivity contribution in [2.24, 2.45) is 0 Å². The van der Waals surface area contributed by atoms with Crippen molar-refractivity contribution < 1.29 is 4.48 Å². The second-order valence-electron chi connectivity index (χ2n) is 4.63. The summed E-state index contributed by atoms with van der Waals surface area (Å²) in [6.45, 7) is 9.35. The highest BCUT2D eigenvalue weighted by atomic mass is 15.5. The van der Waals surface area contributed by atoms with Gasteiger partial charge in [-0.1, -0.05) is 0 Å². The van der Waals surface area contributed by atoms with Gasteiger partial charge in [0.05, 0.1) is 26.7 Å². The van der Waals surface area contributed by atoms with Crippen molar-refractivity contribution in [2.45, 2.75) is 32.9 Å². The van der Waals surface area contributed by atoms with Gasteiger partial charge in [0.25, 0.3) is 0 Å². The van der Waals surface area contributed by atoms with Crippen LogP contribution in [-0.4, -0.2) is 48.8 Å². The molecule has 0 aromatic carbocycles. The summed E-state index contributed by atoms with van der Waals surface area (Å²) in [7, 11) is 4.63. The van der Waals surface area contributed by atoms with Gasteiger partial charge in [-0.2, -0.15) is 0 Å². The minimum atomic E-state index is 0.706. The Balaban J connectivity index is 2.57. The van der Waals surface area contributed by atoms with Gasteiger partial charge in [0.2, 0.25) is 0 Å². The first kappa shape index (κ1) is 9.01. The van der Waals surface area contributed by atoms with E-state index in [1.54, 1.807) is 0 Å². The average molecular weight is 157 g/mol. The quantitative estimate of drug-likeness (QED) is 0.516. The lowest BCUT2D eigenvalue weighted by Gasteiger charge is -2.28. The lowest BCUT2D eigenvalue weighted by atomic mass is 10.3. The normalized spacial score (nSPS) is 31.6. The van der Waals surface area contributed by atoms with Gasteiger partial charge in [0.15, 0.2) is 0 Å². The van der Waals surface area contributed by atoms with Gasteiger partial charge >= 0.3 is 0 Å². The van der Waals surface area contributed by atoms with Gasteiger partial charge in [0.1, 0.15) is 6.67 Å². The standard InChI is InChI=1S/C9H21N2/c1-8(2)10-6-9(3)11(4,5)7-10/h8-9H,6-7H2,1-5H3/q+1. The van der Waals surface area contributed by atoms with Crippen LogP contribution in [0.2, 0.25) is 0 Å². The molecule has 66 valence electrons. The molecule has 1 saturated heterocycles. The molecule has 0 aromatic rings. The Kier molecular flexibility index (Phi) is 2.26. The second kappa shape index (κ2) is 2.76. The smallest absolute Gasteiger partial charge is 0.135 e. The molecule has 1 atom stereocenters. The monoisotopic (exact) mass is 157 g/mol. The van der Waals surface area contributed by atoms with Gasteiger partial charge < -0.3 is 4.48 Å². The minimum Gasteiger partial charge on any atom is -0.313 e. The van der Waals surface area contributed by atoms with E-state index in [1.807, 2.05) is 0 Å². The Morgan fingerprint density at radius 3 is 2.09 bits per heavy atom. The van der Waals surface area contributed by atoms with E-state index in [9.17, 15) is 0 Å². The molecule has 1 rings (SSSR count). The van der Waals surface area contributed by atoms with E-state index in [-0.39, 0.29) is 0 Å². The number of hydrogen-bond donors (Lipinski definition) is 0. The molecule has 0 spiro atoms. The van der Waals surface area contributed by atoms with Crippen LogP contribution in [0.15, 0.2) is 0 Å². The Labute approximate surface area is 70.4 Å². The third-order valence-corrected chi connectivity index (χ3v) is 2.97. The van der Waals surface area contributed by atoms with Gasteiger partial charge in [-0.25, -0.2) is 4.90 Å². The molecular weight excluding hydrogens is 136 g/mol. The van der Waals surface area contributed by atoms with Crippen LogP contribution >= 0.6 is 0 Å². The molecule has 0 amide bonds. The van der Waals surface area contributed by atoms with E-state index in [0.717, 1.165) is 10.5 Å². The Morgan fingerprint density at radius 2 is 1.91 bits per heavy atom. The van der Waals surface area contributed by atoms with E-state index in [2.05, 4.69) is 39.8 Å². The van der Waals surface area contributed by atoms with Gasteiger partial charge in [-0.15, -0.1) is 0 Å². The molecule has 0 bridgehead atoms. The lowest BCUT2D eigenvalue weighted by Crippen LogP contribution is -2.44. The largest absolute Gasteiger partial charge is 0.313 e. The third-order valence-electron chi connectivity index (χ3n) is 2.97. The first-order valence-electron chi connectivity index (χ1n) is 4.50. The molecular formula is C9H21N2+. The van der Waals surface area contributed by atoms with Crippen molar-refractivity contribution in [1.29, 1.82) is 0 Å². The summed E-state index contributed by atoms with van der Waals surface area (Å²) in [6, 6.07) is 1.50. The number of rotatable bonds is 1. The van der Waals surface area contributed by atoms with E-state index >= 15 is 0 Å². The van der Waals surface area contributed by atoms with Crippen molar-refractivity contribution in [3.8, 4) is 0 Å². The van der Waals surface area contributed by atoms with Crippen LogP contribution in [0.5, 0.6) is 0 Å². The fourth-order valence-electron chi connectivity index (χ4n) is 1.60. The number of quaternary nitrogens is 1. The second-order valence-corrected chi connectivity index (χ2v) is 4.63. The number of hydrogen-bond acceptors (Lipinski definition) is 1. The zero-order chi connectivity index (χ0) is 8.65. The Bertz CT molecular complexity index is 140. The Hall–Kier alpha value is -0.0800. The molecule has 11 heavy (non-hydrogen) atoms.